The molecule has 3 N–H and O–H groups in total. The van der Waals surface area contributed by atoms with Gasteiger partial charge in [0.05, 0.1) is 10.6 Å². The van der Waals surface area contributed by atoms with Crippen LogP contribution in [0.4, 0.5) is 11.4 Å². The number of sulfonamides is 1. The lowest BCUT2D eigenvalue weighted by Crippen LogP contribution is -2.16. The van der Waals surface area contributed by atoms with E-state index < -0.39 is 22.5 Å². The molecule has 0 radical (unpaired) electrons. The summed E-state index contributed by atoms with van der Waals surface area (Å²) in [5.74, 6) is -0.579. The topological polar surface area (TPSA) is 95.5 Å². The number of hydrogen-bond donors (Lipinski definition) is 3. The van der Waals surface area contributed by atoms with Gasteiger partial charge in [-0.05, 0) is 29.8 Å². The van der Waals surface area contributed by atoms with Crippen molar-refractivity contribution in [3.05, 3.63) is 78.9 Å². The standard InChI is InChI=1S/C20H18N2O4S/c23-14-20(24)21-16-9-6-10-17(13-16)22-27(25,26)19-12-5-4-11-18(19)15-7-2-1-3-8-15/h1-13,22-23H,14H2,(H,21,24). The number of nitrogens with one attached hydrogen (secondary N) is 2. The molecule has 7 heteroatoms. The van der Waals surface area contributed by atoms with E-state index in [1.807, 2.05) is 30.3 Å². The predicted molar refractivity (Wildman–Crippen MR) is 105 cm³/mol. The van der Waals surface area contributed by atoms with Crippen LogP contribution in [0.1, 0.15) is 0 Å². The third-order valence-corrected chi connectivity index (χ3v) is 5.24. The monoisotopic (exact) mass is 382 g/mol. The molecule has 27 heavy (non-hydrogen) atoms. The van der Waals surface area contributed by atoms with E-state index in [1.165, 1.54) is 6.07 Å². The van der Waals surface area contributed by atoms with Crippen LogP contribution in [0.5, 0.6) is 0 Å². The van der Waals surface area contributed by atoms with Crippen molar-refractivity contribution in [2.24, 2.45) is 0 Å². The molecule has 6 nitrogen and oxygen atoms in total. The SMILES string of the molecule is O=C(CO)Nc1cccc(NS(=O)(=O)c2ccccc2-c2ccccc2)c1. The van der Waals surface area contributed by atoms with Crippen molar-refractivity contribution in [1.29, 1.82) is 0 Å². The van der Waals surface area contributed by atoms with E-state index in [0.29, 0.717) is 16.9 Å². The van der Waals surface area contributed by atoms with Crippen molar-refractivity contribution in [2.75, 3.05) is 16.6 Å². The highest BCUT2D eigenvalue weighted by Gasteiger charge is 2.19. The van der Waals surface area contributed by atoms with E-state index in [4.69, 9.17) is 5.11 Å². The van der Waals surface area contributed by atoms with Gasteiger partial charge >= 0.3 is 0 Å². The van der Waals surface area contributed by atoms with Gasteiger partial charge in [0, 0.05) is 11.3 Å². The van der Waals surface area contributed by atoms with E-state index in [-0.39, 0.29) is 4.90 Å². The molecular formula is C20H18N2O4S. The first-order valence-electron chi connectivity index (χ1n) is 8.17. The second-order valence-electron chi connectivity index (χ2n) is 5.75. The maximum absolute atomic E-state index is 12.9. The van der Waals surface area contributed by atoms with Crippen LogP contribution in [0, 0.1) is 0 Å². The number of rotatable bonds is 6. The first-order chi connectivity index (χ1) is 13.0. The Morgan fingerprint density at radius 1 is 0.852 bits per heavy atom. The van der Waals surface area contributed by atoms with Crippen LogP contribution < -0.4 is 10.0 Å². The summed E-state index contributed by atoms with van der Waals surface area (Å²) in [6, 6.07) is 22.3. The molecule has 0 saturated heterocycles. The first-order valence-corrected chi connectivity index (χ1v) is 9.66. The maximum Gasteiger partial charge on any atom is 0.262 e. The Hall–Kier alpha value is -3.16. The Balaban J connectivity index is 1.93. The zero-order valence-electron chi connectivity index (χ0n) is 14.3. The zero-order chi connectivity index (χ0) is 19.3. The fourth-order valence-electron chi connectivity index (χ4n) is 2.63. The summed E-state index contributed by atoms with van der Waals surface area (Å²) in [7, 11) is -3.86. The average Bonchev–Trinajstić information content (AvgIpc) is 2.68. The van der Waals surface area contributed by atoms with E-state index in [2.05, 4.69) is 10.0 Å². The van der Waals surface area contributed by atoms with Crippen molar-refractivity contribution in [3.8, 4) is 11.1 Å². The molecule has 0 aromatic heterocycles. The molecule has 0 fully saturated rings. The van der Waals surface area contributed by atoms with Crippen molar-refractivity contribution >= 4 is 27.3 Å². The molecule has 0 atom stereocenters. The molecule has 0 bridgehead atoms. The summed E-state index contributed by atoms with van der Waals surface area (Å²) in [6.07, 6.45) is 0. The Bertz CT molecular complexity index is 1050. The fraction of sp³-hybridized carbons (Fsp3) is 0.0500. The van der Waals surface area contributed by atoms with Crippen LogP contribution in [0.25, 0.3) is 11.1 Å². The first kappa shape index (κ1) is 18.6. The van der Waals surface area contributed by atoms with E-state index >= 15 is 0 Å². The van der Waals surface area contributed by atoms with E-state index in [0.717, 1.165) is 5.56 Å². The molecule has 3 rings (SSSR count). The lowest BCUT2D eigenvalue weighted by Gasteiger charge is -2.13. The molecule has 138 valence electrons. The Labute approximate surface area is 157 Å². The van der Waals surface area contributed by atoms with Gasteiger partial charge in [-0.25, -0.2) is 8.42 Å². The molecular weight excluding hydrogens is 364 g/mol. The Morgan fingerprint density at radius 2 is 1.52 bits per heavy atom. The second kappa shape index (κ2) is 8.03. The lowest BCUT2D eigenvalue weighted by atomic mass is 10.1. The molecule has 0 aliphatic rings. The minimum absolute atomic E-state index is 0.154. The summed E-state index contributed by atoms with van der Waals surface area (Å²) in [5, 5.41) is 11.3. The summed E-state index contributed by atoms with van der Waals surface area (Å²) < 4.78 is 28.4. The molecule has 0 heterocycles. The van der Waals surface area contributed by atoms with Gasteiger partial charge in [-0.2, -0.15) is 0 Å². The summed E-state index contributed by atoms with van der Waals surface area (Å²) in [4.78, 5) is 11.5. The summed E-state index contributed by atoms with van der Waals surface area (Å²) >= 11 is 0. The molecule has 0 aliphatic heterocycles. The zero-order valence-corrected chi connectivity index (χ0v) is 15.1. The third kappa shape index (κ3) is 4.52. The minimum Gasteiger partial charge on any atom is -0.387 e. The molecule has 0 unspecified atom stereocenters. The number of hydrogen-bond acceptors (Lipinski definition) is 4. The Morgan fingerprint density at radius 3 is 2.26 bits per heavy atom. The number of amides is 1. The van der Waals surface area contributed by atoms with Crippen molar-refractivity contribution in [2.45, 2.75) is 4.90 Å². The van der Waals surface area contributed by atoms with Gasteiger partial charge < -0.3 is 10.4 Å². The maximum atomic E-state index is 12.9. The van der Waals surface area contributed by atoms with Crippen LogP contribution in [-0.2, 0) is 14.8 Å². The second-order valence-corrected chi connectivity index (χ2v) is 7.41. The predicted octanol–water partition coefficient (Wildman–Crippen LogP) is 3.09. The van der Waals surface area contributed by atoms with Gasteiger partial charge in [0.1, 0.15) is 6.61 Å². The molecule has 0 spiro atoms. The van der Waals surface area contributed by atoms with Gasteiger partial charge in [-0.1, -0.05) is 54.6 Å². The van der Waals surface area contributed by atoms with Crippen LogP contribution in [-0.4, -0.2) is 26.0 Å². The van der Waals surface area contributed by atoms with Crippen LogP contribution in [0.2, 0.25) is 0 Å². The van der Waals surface area contributed by atoms with Crippen molar-refractivity contribution in [1.82, 2.24) is 0 Å². The van der Waals surface area contributed by atoms with Gasteiger partial charge in [0.15, 0.2) is 0 Å². The van der Waals surface area contributed by atoms with Crippen molar-refractivity contribution < 1.29 is 18.3 Å². The number of aliphatic hydroxyl groups excluding tert-OH is 1. The average molecular weight is 382 g/mol. The van der Waals surface area contributed by atoms with Gasteiger partial charge in [0.2, 0.25) is 5.91 Å². The van der Waals surface area contributed by atoms with Crippen LogP contribution in [0.15, 0.2) is 83.8 Å². The molecule has 3 aromatic carbocycles. The van der Waals surface area contributed by atoms with Crippen molar-refractivity contribution in [3.63, 3.8) is 0 Å². The highest BCUT2D eigenvalue weighted by molar-refractivity contribution is 7.92. The largest absolute Gasteiger partial charge is 0.387 e. The minimum atomic E-state index is -3.86. The summed E-state index contributed by atoms with van der Waals surface area (Å²) in [5.41, 5.74) is 2.07. The smallest absolute Gasteiger partial charge is 0.262 e. The molecule has 0 aliphatic carbocycles. The van der Waals surface area contributed by atoms with Crippen LogP contribution in [0.3, 0.4) is 0 Å². The van der Waals surface area contributed by atoms with Gasteiger partial charge in [-0.15, -0.1) is 0 Å². The lowest BCUT2D eigenvalue weighted by molar-refractivity contribution is -0.118. The number of anilines is 2. The van der Waals surface area contributed by atoms with Gasteiger partial charge in [-0.3, -0.25) is 9.52 Å². The number of carbonyl (C=O) groups excluding carboxylic acids is 1. The molecule has 1 amide bonds. The fourth-order valence-corrected chi connectivity index (χ4v) is 3.91. The molecule has 3 aromatic rings. The number of carbonyl (C=O) groups is 1. The van der Waals surface area contributed by atoms with E-state index in [1.54, 1.807) is 42.5 Å². The number of aliphatic hydroxyl groups is 1. The van der Waals surface area contributed by atoms with Crippen LogP contribution >= 0.6 is 0 Å². The highest BCUT2D eigenvalue weighted by atomic mass is 32.2. The quantitative estimate of drug-likeness (QED) is 0.610. The Kier molecular flexibility index (Phi) is 5.54. The molecule has 0 saturated carbocycles. The third-order valence-electron chi connectivity index (χ3n) is 3.80. The van der Waals surface area contributed by atoms with E-state index in [9.17, 15) is 13.2 Å². The highest BCUT2D eigenvalue weighted by Crippen LogP contribution is 2.29. The van der Waals surface area contributed by atoms with Gasteiger partial charge in [0.25, 0.3) is 10.0 Å². The normalized spacial score (nSPS) is 11.0. The summed E-state index contributed by atoms with van der Waals surface area (Å²) in [6.45, 7) is -0.652. The number of benzene rings is 3.